The molecule has 1 aromatic carbocycles. The Hall–Kier alpha value is -2.47. The molecule has 1 saturated heterocycles. The third kappa shape index (κ3) is 2.98. The summed E-state index contributed by atoms with van der Waals surface area (Å²) in [5.74, 6) is 0.780. The van der Waals surface area contributed by atoms with Crippen LogP contribution in [0.15, 0.2) is 29.9 Å². The van der Waals surface area contributed by atoms with Crippen molar-refractivity contribution in [2.24, 2.45) is 0 Å². The molecule has 0 aliphatic carbocycles. The van der Waals surface area contributed by atoms with Gasteiger partial charge in [-0.05, 0) is 43.4 Å². The number of thiophene rings is 1. The van der Waals surface area contributed by atoms with Crippen molar-refractivity contribution >= 4 is 33.3 Å². The number of nitrogens with one attached hydrogen (secondary N) is 2. The van der Waals surface area contributed by atoms with Crippen LogP contribution in [0.25, 0.3) is 21.3 Å². The Balaban J connectivity index is 1.78. The van der Waals surface area contributed by atoms with Crippen LogP contribution in [-0.2, 0) is 4.79 Å². The summed E-state index contributed by atoms with van der Waals surface area (Å²) < 4.78 is 0. The normalized spacial score (nSPS) is 17.5. The van der Waals surface area contributed by atoms with Gasteiger partial charge in [0.2, 0.25) is 5.91 Å². The number of piperidine rings is 1. The van der Waals surface area contributed by atoms with Crippen molar-refractivity contribution in [2.45, 2.75) is 32.7 Å². The number of nitrogens with zero attached hydrogens (tertiary/aromatic N) is 2. The van der Waals surface area contributed by atoms with Crippen LogP contribution in [0.2, 0.25) is 0 Å². The summed E-state index contributed by atoms with van der Waals surface area (Å²) >= 11 is 1.60. The van der Waals surface area contributed by atoms with Gasteiger partial charge in [-0.25, -0.2) is 9.97 Å². The van der Waals surface area contributed by atoms with Gasteiger partial charge in [0.15, 0.2) is 0 Å². The molecule has 4 rings (SSSR count). The topological polar surface area (TPSA) is 66.9 Å². The number of rotatable bonds is 3. The molecule has 0 saturated carbocycles. The fourth-order valence-corrected chi connectivity index (χ4v) is 4.10. The van der Waals surface area contributed by atoms with E-state index in [1.807, 2.05) is 0 Å². The number of benzene rings is 1. The predicted octanol–water partition coefficient (Wildman–Crippen LogP) is 3.67. The smallest absolute Gasteiger partial charge is 0.242 e. The molecule has 2 aromatic heterocycles. The zero-order valence-electron chi connectivity index (χ0n) is 14.3. The van der Waals surface area contributed by atoms with Crippen LogP contribution < -0.4 is 10.6 Å². The van der Waals surface area contributed by atoms with E-state index in [4.69, 9.17) is 0 Å². The van der Waals surface area contributed by atoms with Gasteiger partial charge in [-0.15, -0.1) is 11.3 Å². The first-order valence-corrected chi connectivity index (χ1v) is 9.35. The van der Waals surface area contributed by atoms with Gasteiger partial charge in [-0.1, -0.05) is 18.2 Å². The Kier molecular flexibility index (Phi) is 4.13. The number of hydrogen-bond donors (Lipinski definition) is 2. The quantitative estimate of drug-likeness (QED) is 0.755. The van der Waals surface area contributed by atoms with Gasteiger partial charge >= 0.3 is 0 Å². The van der Waals surface area contributed by atoms with Gasteiger partial charge in [-0.2, -0.15) is 0 Å². The highest BCUT2D eigenvalue weighted by molar-refractivity contribution is 7.17. The molecule has 1 aliphatic heterocycles. The highest BCUT2D eigenvalue weighted by atomic mass is 32.1. The molecular formula is C19H20N4OS. The largest absolute Gasteiger partial charge is 0.358 e. The molecule has 0 bridgehead atoms. The lowest BCUT2D eigenvalue weighted by atomic mass is 10.0. The minimum Gasteiger partial charge on any atom is -0.358 e. The fourth-order valence-electron chi connectivity index (χ4n) is 3.18. The Morgan fingerprint density at radius 3 is 2.92 bits per heavy atom. The van der Waals surface area contributed by atoms with Gasteiger partial charge in [-0.3, -0.25) is 4.79 Å². The maximum absolute atomic E-state index is 12.1. The van der Waals surface area contributed by atoms with Crippen LogP contribution >= 0.6 is 11.3 Å². The first-order chi connectivity index (χ1) is 12.1. The van der Waals surface area contributed by atoms with Gasteiger partial charge in [0.1, 0.15) is 23.0 Å². The standard InChI is InChI=1S/C19H20N4OS/c1-11-5-6-13(8-12(11)2)14-9-25-19-16(14)17(21-10-22-19)23-15-4-3-7-20-18(15)24/h5-6,8-10,15H,3-4,7H2,1-2H3,(H,20,24)(H,21,22,23). The number of amides is 1. The van der Waals surface area contributed by atoms with Crippen LogP contribution in [-0.4, -0.2) is 28.5 Å². The predicted molar refractivity (Wildman–Crippen MR) is 102 cm³/mol. The summed E-state index contributed by atoms with van der Waals surface area (Å²) in [6.45, 7) is 4.99. The number of fused-ring (bicyclic) bond motifs is 1. The zero-order valence-corrected chi connectivity index (χ0v) is 15.1. The van der Waals surface area contributed by atoms with Crippen molar-refractivity contribution in [2.75, 3.05) is 11.9 Å². The molecule has 0 spiro atoms. The second kappa shape index (κ2) is 6.44. The van der Waals surface area contributed by atoms with E-state index in [0.717, 1.165) is 46.5 Å². The van der Waals surface area contributed by atoms with Crippen LogP contribution in [0.5, 0.6) is 0 Å². The van der Waals surface area contributed by atoms with Gasteiger partial charge < -0.3 is 10.6 Å². The third-order valence-electron chi connectivity index (χ3n) is 4.78. The highest BCUT2D eigenvalue weighted by Crippen LogP contribution is 2.37. The van der Waals surface area contributed by atoms with Gasteiger partial charge in [0, 0.05) is 17.5 Å². The van der Waals surface area contributed by atoms with E-state index in [2.05, 4.69) is 58.0 Å². The van der Waals surface area contributed by atoms with Crippen molar-refractivity contribution in [1.82, 2.24) is 15.3 Å². The van der Waals surface area contributed by atoms with Gasteiger partial charge in [0.05, 0.1) is 5.39 Å². The average molecular weight is 352 g/mol. The Morgan fingerprint density at radius 2 is 2.12 bits per heavy atom. The lowest BCUT2D eigenvalue weighted by Gasteiger charge is -2.23. The second-order valence-electron chi connectivity index (χ2n) is 6.48. The molecule has 6 heteroatoms. The number of aryl methyl sites for hydroxylation is 2. The number of aromatic nitrogens is 2. The summed E-state index contributed by atoms with van der Waals surface area (Å²) in [5.41, 5.74) is 4.80. The molecule has 25 heavy (non-hydrogen) atoms. The molecule has 0 radical (unpaired) electrons. The molecule has 1 fully saturated rings. The van der Waals surface area contributed by atoms with E-state index >= 15 is 0 Å². The van der Waals surface area contributed by atoms with Crippen molar-refractivity contribution in [1.29, 1.82) is 0 Å². The first kappa shape index (κ1) is 16.0. The van der Waals surface area contributed by atoms with Crippen molar-refractivity contribution in [3.05, 3.63) is 41.0 Å². The number of carbonyl (C=O) groups is 1. The summed E-state index contributed by atoms with van der Waals surface area (Å²) in [4.78, 5) is 21.9. The molecule has 1 amide bonds. The summed E-state index contributed by atoms with van der Waals surface area (Å²) in [7, 11) is 0. The Bertz CT molecular complexity index is 950. The zero-order chi connectivity index (χ0) is 17.4. The molecule has 2 N–H and O–H groups in total. The SMILES string of the molecule is Cc1ccc(-c2csc3ncnc(NC4CCCNC4=O)c23)cc1C. The van der Waals surface area contributed by atoms with E-state index in [9.17, 15) is 4.79 Å². The van der Waals surface area contributed by atoms with E-state index in [0.29, 0.717) is 0 Å². The fraction of sp³-hybridized carbons (Fsp3) is 0.316. The van der Waals surface area contributed by atoms with Crippen LogP contribution in [0.1, 0.15) is 24.0 Å². The van der Waals surface area contributed by atoms with E-state index < -0.39 is 0 Å². The molecule has 3 aromatic rings. The minimum atomic E-state index is -0.237. The summed E-state index contributed by atoms with van der Waals surface area (Å²) in [5, 5.41) is 9.37. The molecule has 1 atom stereocenters. The first-order valence-electron chi connectivity index (χ1n) is 8.47. The van der Waals surface area contributed by atoms with Crippen LogP contribution in [0, 0.1) is 13.8 Å². The van der Waals surface area contributed by atoms with Crippen LogP contribution in [0.4, 0.5) is 5.82 Å². The van der Waals surface area contributed by atoms with Crippen molar-refractivity contribution < 1.29 is 4.79 Å². The maximum Gasteiger partial charge on any atom is 0.242 e. The average Bonchev–Trinajstić information content (AvgIpc) is 3.04. The van der Waals surface area contributed by atoms with Gasteiger partial charge in [0.25, 0.3) is 0 Å². The Labute approximate surface area is 150 Å². The summed E-state index contributed by atoms with van der Waals surface area (Å²) in [6.07, 6.45) is 3.36. The molecule has 5 nitrogen and oxygen atoms in total. The monoisotopic (exact) mass is 352 g/mol. The lowest BCUT2D eigenvalue weighted by molar-refractivity contribution is -0.123. The third-order valence-corrected chi connectivity index (χ3v) is 5.67. The molecule has 1 aliphatic rings. The van der Waals surface area contributed by atoms with E-state index in [1.165, 1.54) is 11.1 Å². The lowest BCUT2D eigenvalue weighted by Crippen LogP contribution is -2.44. The molecular weight excluding hydrogens is 332 g/mol. The maximum atomic E-state index is 12.1. The van der Waals surface area contributed by atoms with Crippen molar-refractivity contribution in [3.8, 4) is 11.1 Å². The second-order valence-corrected chi connectivity index (χ2v) is 7.34. The summed E-state index contributed by atoms with van der Waals surface area (Å²) in [6, 6.07) is 6.23. The Morgan fingerprint density at radius 1 is 1.24 bits per heavy atom. The number of anilines is 1. The minimum absolute atomic E-state index is 0.0426. The van der Waals surface area contributed by atoms with E-state index in [1.54, 1.807) is 17.7 Å². The van der Waals surface area contributed by atoms with Crippen molar-refractivity contribution in [3.63, 3.8) is 0 Å². The number of hydrogen-bond acceptors (Lipinski definition) is 5. The van der Waals surface area contributed by atoms with Crippen LogP contribution in [0.3, 0.4) is 0 Å². The number of carbonyl (C=O) groups excluding carboxylic acids is 1. The molecule has 3 heterocycles. The molecule has 1 unspecified atom stereocenters. The highest BCUT2D eigenvalue weighted by Gasteiger charge is 2.24. The van der Waals surface area contributed by atoms with E-state index in [-0.39, 0.29) is 11.9 Å². The molecule has 128 valence electrons.